The normalized spacial score (nSPS) is 12.4. The molecule has 0 heterocycles. The maximum absolute atomic E-state index is 5.64. The topological polar surface area (TPSA) is 38.0 Å². The Morgan fingerprint density at radius 1 is 0.947 bits per heavy atom. The second-order valence-electron chi connectivity index (χ2n) is 5.01. The van der Waals surface area contributed by atoms with Crippen molar-refractivity contribution in [1.29, 1.82) is 0 Å². The number of rotatable bonds is 4. The lowest BCUT2D eigenvalue weighted by Gasteiger charge is -2.18. The Morgan fingerprint density at radius 2 is 1.58 bits per heavy atom. The van der Waals surface area contributed by atoms with Crippen LogP contribution in [-0.4, -0.2) is 7.05 Å². The molecule has 2 aromatic carbocycles. The summed E-state index contributed by atoms with van der Waals surface area (Å²) in [5.41, 5.74) is 12.0. The standard InChI is InChI=1S/C17H22N2/c1-12-4-7-16(10-13(12)2)17(19-3)15-8-5-14(11-18)6-9-15/h4-10,17,19H,11,18H2,1-3H3. The largest absolute Gasteiger partial charge is 0.326 e. The van der Waals surface area contributed by atoms with Crippen molar-refractivity contribution >= 4 is 0 Å². The smallest absolute Gasteiger partial charge is 0.0574 e. The fraction of sp³-hybridized carbons (Fsp3) is 0.294. The van der Waals surface area contributed by atoms with Gasteiger partial charge in [-0.1, -0.05) is 42.5 Å². The van der Waals surface area contributed by atoms with Crippen molar-refractivity contribution in [3.63, 3.8) is 0 Å². The van der Waals surface area contributed by atoms with Crippen LogP contribution in [0.1, 0.15) is 33.9 Å². The van der Waals surface area contributed by atoms with Crippen molar-refractivity contribution in [3.05, 3.63) is 70.3 Å². The third-order valence-corrected chi connectivity index (χ3v) is 3.70. The summed E-state index contributed by atoms with van der Waals surface area (Å²) < 4.78 is 0. The Bertz CT molecular complexity index is 544. The van der Waals surface area contributed by atoms with Crippen molar-refractivity contribution < 1.29 is 0 Å². The SMILES string of the molecule is CNC(c1ccc(CN)cc1)c1ccc(C)c(C)c1. The molecule has 0 radical (unpaired) electrons. The average Bonchev–Trinajstić information content (AvgIpc) is 2.44. The minimum atomic E-state index is 0.228. The fourth-order valence-corrected chi connectivity index (χ4v) is 2.32. The van der Waals surface area contributed by atoms with Crippen LogP contribution >= 0.6 is 0 Å². The zero-order valence-electron chi connectivity index (χ0n) is 11.9. The van der Waals surface area contributed by atoms with Crippen molar-refractivity contribution in [3.8, 4) is 0 Å². The molecule has 2 aromatic rings. The number of benzene rings is 2. The van der Waals surface area contributed by atoms with Gasteiger partial charge in [-0.15, -0.1) is 0 Å². The van der Waals surface area contributed by atoms with E-state index in [1.807, 2.05) is 7.05 Å². The molecule has 1 atom stereocenters. The van der Waals surface area contributed by atoms with Gasteiger partial charge >= 0.3 is 0 Å². The highest BCUT2D eigenvalue weighted by molar-refractivity contribution is 5.37. The van der Waals surface area contributed by atoms with E-state index in [1.165, 1.54) is 27.8 Å². The summed E-state index contributed by atoms with van der Waals surface area (Å²) >= 11 is 0. The third kappa shape index (κ3) is 3.03. The van der Waals surface area contributed by atoms with Gasteiger partial charge in [0.15, 0.2) is 0 Å². The average molecular weight is 254 g/mol. The zero-order valence-corrected chi connectivity index (χ0v) is 11.9. The van der Waals surface area contributed by atoms with E-state index >= 15 is 0 Å². The molecule has 2 nitrogen and oxygen atoms in total. The molecule has 3 N–H and O–H groups in total. The van der Waals surface area contributed by atoms with E-state index < -0.39 is 0 Å². The Hall–Kier alpha value is -1.64. The molecule has 0 fully saturated rings. The molecule has 0 aromatic heterocycles. The molecule has 0 bridgehead atoms. The van der Waals surface area contributed by atoms with Gasteiger partial charge in [0.25, 0.3) is 0 Å². The lowest BCUT2D eigenvalue weighted by molar-refractivity contribution is 0.690. The van der Waals surface area contributed by atoms with E-state index in [9.17, 15) is 0 Å². The molecule has 2 rings (SSSR count). The van der Waals surface area contributed by atoms with Gasteiger partial charge in [-0.25, -0.2) is 0 Å². The Morgan fingerprint density at radius 3 is 2.11 bits per heavy atom. The minimum Gasteiger partial charge on any atom is -0.326 e. The summed E-state index contributed by atoms with van der Waals surface area (Å²) in [5, 5.41) is 3.39. The fourth-order valence-electron chi connectivity index (χ4n) is 2.32. The van der Waals surface area contributed by atoms with Crippen LogP contribution < -0.4 is 11.1 Å². The molecular weight excluding hydrogens is 232 g/mol. The molecule has 0 amide bonds. The number of nitrogens with two attached hydrogens (primary N) is 1. The van der Waals surface area contributed by atoms with Gasteiger partial charge in [-0.05, 0) is 48.7 Å². The third-order valence-electron chi connectivity index (χ3n) is 3.70. The van der Waals surface area contributed by atoms with Crippen molar-refractivity contribution in [1.82, 2.24) is 5.32 Å². The second-order valence-corrected chi connectivity index (χ2v) is 5.01. The molecule has 0 aliphatic heterocycles. The van der Waals surface area contributed by atoms with Crippen LogP contribution in [0.5, 0.6) is 0 Å². The zero-order chi connectivity index (χ0) is 13.8. The molecular formula is C17H22N2. The first-order valence-electron chi connectivity index (χ1n) is 6.69. The molecule has 0 saturated heterocycles. The summed E-state index contributed by atoms with van der Waals surface area (Å²) in [6.45, 7) is 4.89. The lowest BCUT2D eigenvalue weighted by Crippen LogP contribution is -2.18. The van der Waals surface area contributed by atoms with Gasteiger partial charge in [0.2, 0.25) is 0 Å². The van der Waals surface area contributed by atoms with E-state index in [-0.39, 0.29) is 6.04 Å². The van der Waals surface area contributed by atoms with Crippen molar-refractivity contribution in [2.45, 2.75) is 26.4 Å². The van der Waals surface area contributed by atoms with Crippen LogP contribution in [0.25, 0.3) is 0 Å². The molecule has 2 heteroatoms. The van der Waals surface area contributed by atoms with Gasteiger partial charge in [-0.2, -0.15) is 0 Å². The van der Waals surface area contributed by atoms with Gasteiger partial charge in [0.1, 0.15) is 0 Å². The summed E-state index contributed by atoms with van der Waals surface area (Å²) in [6.07, 6.45) is 0. The highest BCUT2D eigenvalue weighted by atomic mass is 14.9. The second kappa shape index (κ2) is 6.00. The van der Waals surface area contributed by atoms with Crippen molar-refractivity contribution in [2.75, 3.05) is 7.05 Å². The number of hydrogen-bond acceptors (Lipinski definition) is 2. The number of aryl methyl sites for hydroxylation is 2. The minimum absolute atomic E-state index is 0.228. The summed E-state index contributed by atoms with van der Waals surface area (Å²) in [6, 6.07) is 15.4. The molecule has 0 aliphatic rings. The maximum Gasteiger partial charge on any atom is 0.0574 e. The highest BCUT2D eigenvalue weighted by Gasteiger charge is 2.12. The predicted octanol–water partition coefficient (Wildman–Crippen LogP) is 3.07. The van der Waals surface area contributed by atoms with E-state index in [1.54, 1.807) is 0 Å². The first-order chi connectivity index (χ1) is 9.15. The van der Waals surface area contributed by atoms with Gasteiger partial charge in [0.05, 0.1) is 6.04 Å². The molecule has 19 heavy (non-hydrogen) atoms. The first kappa shape index (κ1) is 13.8. The van der Waals surface area contributed by atoms with E-state index in [0.29, 0.717) is 6.54 Å². The quantitative estimate of drug-likeness (QED) is 0.880. The highest BCUT2D eigenvalue weighted by Crippen LogP contribution is 2.24. The van der Waals surface area contributed by atoms with Crippen LogP contribution in [0, 0.1) is 13.8 Å². The summed E-state index contributed by atoms with van der Waals surface area (Å²) in [4.78, 5) is 0. The Kier molecular flexibility index (Phi) is 4.35. The first-order valence-corrected chi connectivity index (χ1v) is 6.69. The summed E-state index contributed by atoms with van der Waals surface area (Å²) in [7, 11) is 2.00. The van der Waals surface area contributed by atoms with Gasteiger partial charge < -0.3 is 11.1 Å². The molecule has 0 saturated carbocycles. The van der Waals surface area contributed by atoms with E-state index in [2.05, 4.69) is 61.6 Å². The maximum atomic E-state index is 5.64. The van der Waals surface area contributed by atoms with E-state index in [0.717, 1.165) is 0 Å². The van der Waals surface area contributed by atoms with Crippen molar-refractivity contribution in [2.24, 2.45) is 5.73 Å². The molecule has 1 unspecified atom stereocenters. The molecule has 0 spiro atoms. The lowest BCUT2D eigenvalue weighted by atomic mass is 9.95. The predicted molar refractivity (Wildman–Crippen MR) is 81.2 cm³/mol. The van der Waals surface area contributed by atoms with Gasteiger partial charge in [-0.3, -0.25) is 0 Å². The Balaban J connectivity index is 2.34. The van der Waals surface area contributed by atoms with Crippen LogP contribution in [0.15, 0.2) is 42.5 Å². The van der Waals surface area contributed by atoms with Gasteiger partial charge in [0, 0.05) is 6.54 Å². The molecule has 0 aliphatic carbocycles. The van der Waals surface area contributed by atoms with Crippen LogP contribution in [0.3, 0.4) is 0 Å². The Labute approximate surface area is 115 Å². The molecule has 100 valence electrons. The number of nitrogens with one attached hydrogen (secondary N) is 1. The summed E-state index contributed by atoms with van der Waals surface area (Å²) in [5.74, 6) is 0. The van der Waals surface area contributed by atoms with Crippen LogP contribution in [0.4, 0.5) is 0 Å². The van der Waals surface area contributed by atoms with Crippen LogP contribution in [-0.2, 0) is 6.54 Å². The monoisotopic (exact) mass is 254 g/mol. The van der Waals surface area contributed by atoms with Crippen LogP contribution in [0.2, 0.25) is 0 Å². The number of hydrogen-bond donors (Lipinski definition) is 2. The van der Waals surface area contributed by atoms with E-state index in [4.69, 9.17) is 5.73 Å².